The predicted octanol–water partition coefficient (Wildman–Crippen LogP) is 1.15. The molecule has 3 fully saturated rings. The number of hydrogen-bond acceptors (Lipinski definition) is 10. The molecule has 0 radical (unpaired) electrons. The quantitative estimate of drug-likeness (QED) is 0.387. The summed E-state index contributed by atoms with van der Waals surface area (Å²) in [5.74, 6) is -0.426. The van der Waals surface area contributed by atoms with Gasteiger partial charge in [0, 0.05) is 61.5 Å². The molecule has 14 heteroatoms. The maximum Gasteiger partial charge on any atom is 0.269 e. The van der Waals surface area contributed by atoms with Gasteiger partial charge in [0.25, 0.3) is 11.4 Å². The van der Waals surface area contributed by atoms with Crippen LogP contribution >= 0.6 is 0 Å². The second-order valence-corrected chi connectivity index (χ2v) is 13.9. The van der Waals surface area contributed by atoms with Crippen LogP contribution in [-0.4, -0.2) is 83.7 Å². The van der Waals surface area contributed by atoms with Crippen LogP contribution in [-0.2, 0) is 32.8 Å². The average Bonchev–Trinajstić information content (AvgIpc) is 3.31. The molecule has 0 saturated carbocycles. The van der Waals surface area contributed by atoms with E-state index >= 15 is 0 Å². The van der Waals surface area contributed by atoms with Gasteiger partial charge in [-0.15, -0.1) is 0 Å². The smallest absolute Gasteiger partial charge is 0.269 e. The highest BCUT2D eigenvalue weighted by Crippen LogP contribution is 2.39. The minimum Gasteiger partial charge on any atom is -0.288 e. The zero-order valence-corrected chi connectivity index (χ0v) is 20.7. The highest BCUT2D eigenvalue weighted by atomic mass is 32.2. The first-order chi connectivity index (χ1) is 16.9. The van der Waals surface area contributed by atoms with Crippen LogP contribution in [0.5, 0.6) is 0 Å². The van der Waals surface area contributed by atoms with Crippen molar-refractivity contribution in [2.24, 2.45) is 0 Å². The third kappa shape index (κ3) is 4.73. The number of nitro benzene ring substituents is 2. The molecule has 36 heavy (non-hydrogen) atoms. The Labute approximate surface area is 207 Å². The Morgan fingerprint density at radius 1 is 0.611 bits per heavy atom. The van der Waals surface area contributed by atoms with Gasteiger partial charge in [-0.25, -0.2) is 16.8 Å². The Kier molecular flexibility index (Phi) is 6.09. The number of fused-ring (bicyclic) bond motifs is 2. The van der Waals surface area contributed by atoms with Crippen LogP contribution in [0.4, 0.5) is 11.4 Å². The molecule has 5 rings (SSSR count). The highest BCUT2D eigenvalue weighted by molar-refractivity contribution is 7.92. The van der Waals surface area contributed by atoms with Crippen molar-refractivity contribution in [1.29, 1.82) is 0 Å². The van der Waals surface area contributed by atoms with Gasteiger partial charge in [0.15, 0.2) is 19.7 Å². The molecule has 0 bridgehead atoms. The van der Waals surface area contributed by atoms with Gasteiger partial charge in [0.1, 0.15) is 0 Å². The Bertz CT molecular complexity index is 1270. The molecule has 3 heterocycles. The third-order valence-electron chi connectivity index (χ3n) is 7.32. The van der Waals surface area contributed by atoms with E-state index in [2.05, 4.69) is 0 Å². The summed E-state index contributed by atoms with van der Waals surface area (Å²) in [6.07, 6.45) is 0. The number of hydrogen-bond donors (Lipinski definition) is 0. The lowest BCUT2D eigenvalue weighted by molar-refractivity contribution is -0.385. The second kappa shape index (κ2) is 8.87. The van der Waals surface area contributed by atoms with Crippen molar-refractivity contribution >= 4 is 31.0 Å². The number of benzene rings is 2. The standard InChI is InChI=1S/C22H24N4O8S2/c27-25(28)17-5-1-15(2-6-17)9-23-19-11-35(31,32)13-21(19)24(22-14-36(33,34)12-20(22)23)10-16-3-7-18(8-4-16)26(29)30/h1-8,19-22H,9-14H2/t19-,20-,21-,22+/m0/s1. The van der Waals surface area contributed by atoms with Crippen molar-refractivity contribution in [3.63, 3.8) is 0 Å². The van der Waals surface area contributed by atoms with Crippen LogP contribution in [0.1, 0.15) is 11.1 Å². The van der Waals surface area contributed by atoms with Crippen LogP contribution < -0.4 is 0 Å². The molecule has 12 nitrogen and oxygen atoms in total. The number of sulfone groups is 2. The predicted molar refractivity (Wildman–Crippen MR) is 130 cm³/mol. The molecule has 3 aliphatic heterocycles. The molecule has 0 spiro atoms. The van der Waals surface area contributed by atoms with Crippen molar-refractivity contribution < 1.29 is 26.7 Å². The van der Waals surface area contributed by atoms with E-state index in [4.69, 9.17) is 0 Å². The summed E-state index contributed by atoms with van der Waals surface area (Å²) in [6.45, 7) is 0.549. The van der Waals surface area contributed by atoms with E-state index in [9.17, 15) is 37.1 Å². The summed E-state index contributed by atoms with van der Waals surface area (Å²) in [6, 6.07) is 10.2. The minimum absolute atomic E-state index is 0.0608. The Morgan fingerprint density at radius 2 is 0.889 bits per heavy atom. The van der Waals surface area contributed by atoms with Gasteiger partial charge < -0.3 is 0 Å². The van der Waals surface area contributed by atoms with Crippen LogP contribution in [0.2, 0.25) is 0 Å². The number of nitro groups is 2. The second-order valence-electron chi connectivity index (χ2n) is 9.61. The number of rotatable bonds is 6. The number of piperazine rings is 1. The molecule has 3 aliphatic rings. The Morgan fingerprint density at radius 3 is 1.14 bits per heavy atom. The summed E-state index contributed by atoms with van der Waals surface area (Å²) in [4.78, 5) is 24.9. The van der Waals surface area contributed by atoms with E-state index in [1.54, 1.807) is 24.3 Å². The Hall–Kier alpha value is -2.94. The van der Waals surface area contributed by atoms with E-state index in [1.165, 1.54) is 24.3 Å². The molecule has 4 atom stereocenters. The molecule has 0 unspecified atom stereocenters. The number of nitrogens with zero attached hydrogens (tertiary/aromatic N) is 4. The molecule has 192 valence electrons. The minimum atomic E-state index is -3.39. The van der Waals surface area contributed by atoms with Crippen LogP contribution in [0.15, 0.2) is 48.5 Å². The molecule has 3 saturated heterocycles. The largest absolute Gasteiger partial charge is 0.288 e. The monoisotopic (exact) mass is 536 g/mol. The van der Waals surface area contributed by atoms with E-state index in [1.807, 2.05) is 9.80 Å². The van der Waals surface area contributed by atoms with Crippen LogP contribution in [0.3, 0.4) is 0 Å². The zero-order valence-electron chi connectivity index (χ0n) is 19.0. The summed E-state index contributed by atoms with van der Waals surface area (Å²) < 4.78 is 51.0. The molecule has 0 aliphatic carbocycles. The van der Waals surface area contributed by atoms with Gasteiger partial charge in [-0.3, -0.25) is 30.0 Å². The summed E-state index contributed by atoms with van der Waals surface area (Å²) in [5, 5.41) is 22.0. The fourth-order valence-electron chi connectivity index (χ4n) is 5.72. The topological polar surface area (TPSA) is 161 Å². The van der Waals surface area contributed by atoms with Gasteiger partial charge in [-0.1, -0.05) is 24.3 Å². The van der Waals surface area contributed by atoms with Crippen molar-refractivity contribution in [1.82, 2.24) is 9.80 Å². The van der Waals surface area contributed by atoms with Gasteiger partial charge in [-0.05, 0) is 11.1 Å². The molecule has 0 aromatic heterocycles. The third-order valence-corrected chi connectivity index (χ3v) is 10.7. The van der Waals surface area contributed by atoms with E-state index in [0.717, 1.165) is 11.1 Å². The maximum absolute atomic E-state index is 12.8. The zero-order chi connectivity index (χ0) is 25.8. The summed E-state index contributed by atoms with van der Waals surface area (Å²) >= 11 is 0. The van der Waals surface area contributed by atoms with Crippen LogP contribution in [0, 0.1) is 20.2 Å². The van der Waals surface area contributed by atoms with Crippen molar-refractivity contribution in [2.45, 2.75) is 37.3 Å². The van der Waals surface area contributed by atoms with Crippen LogP contribution in [0.25, 0.3) is 0 Å². The highest BCUT2D eigenvalue weighted by Gasteiger charge is 2.57. The molecule has 2 aromatic carbocycles. The maximum atomic E-state index is 12.8. The van der Waals surface area contributed by atoms with Crippen molar-refractivity contribution in [3.05, 3.63) is 79.9 Å². The summed E-state index contributed by atoms with van der Waals surface area (Å²) in [7, 11) is -6.77. The van der Waals surface area contributed by atoms with Gasteiger partial charge in [-0.2, -0.15) is 0 Å². The van der Waals surface area contributed by atoms with Crippen molar-refractivity contribution in [2.75, 3.05) is 23.0 Å². The van der Waals surface area contributed by atoms with Gasteiger partial charge >= 0.3 is 0 Å². The van der Waals surface area contributed by atoms with E-state index < -0.39 is 53.7 Å². The lowest BCUT2D eigenvalue weighted by atomic mass is 9.93. The first kappa shape index (κ1) is 24.7. The molecular formula is C22H24N4O8S2. The molecular weight excluding hydrogens is 512 g/mol. The SMILES string of the molecule is O=[N+]([O-])c1ccc(CN2[C@@H]3CS(=O)(=O)C[C@@H]3N(Cc3ccc([N+](=O)[O-])cc3)[C@H]3CS(=O)(=O)C[C@@H]32)cc1. The van der Waals surface area contributed by atoms with Gasteiger partial charge in [0.05, 0.1) is 32.9 Å². The fraction of sp³-hybridized carbons (Fsp3) is 0.455. The summed E-state index contributed by atoms with van der Waals surface area (Å²) in [5.41, 5.74) is 1.34. The van der Waals surface area contributed by atoms with Crippen molar-refractivity contribution in [3.8, 4) is 0 Å². The molecule has 0 amide bonds. The van der Waals surface area contributed by atoms with Gasteiger partial charge in [0.2, 0.25) is 0 Å². The fourth-order valence-corrected chi connectivity index (χ4v) is 9.72. The lowest BCUT2D eigenvalue weighted by Gasteiger charge is -2.51. The van der Waals surface area contributed by atoms with E-state index in [0.29, 0.717) is 0 Å². The lowest BCUT2D eigenvalue weighted by Crippen LogP contribution is -2.67. The normalized spacial score (nSPS) is 28.9. The first-order valence-electron chi connectivity index (χ1n) is 11.3. The molecule has 2 aromatic rings. The van der Waals surface area contributed by atoms with E-state index in [-0.39, 0.29) is 47.5 Å². The molecule has 0 N–H and O–H groups in total. The average molecular weight is 537 g/mol. The first-order valence-corrected chi connectivity index (χ1v) is 15.0. The number of non-ortho nitro benzene ring substituents is 2. The Balaban J connectivity index is 1.49.